The van der Waals surface area contributed by atoms with Crippen LogP contribution in [0.3, 0.4) is 0 Å². The van der Waals surface area contributed by atoms with Gasteiger partial charge in [0.1, 0.15) is 11.3 Å². The Morgan fingerprint density at radius 1 is 1.42 bits per heavy atom. The fourth-order valence-corrected chi connectivity index (χ4v) is 2.26. The number of nitrogens with two attached hydrogens (primary N) is 1. The van der Waals surface area contributed by atoms with Crippen LogP contribution in [0.5, 0.6) is 0 Å². The van der Waals surface area contributed by atoms with E-state index in [0.717, 1.165) is 5.01 Å². The van der Waals surface area contributed by atoms with Crippen LogP contribution in [0.4, 0.5) is 17.3 Å². The number of rotatable bonds is 4. The highest BCUT2D eigenvalue weighted by molar-refractivity contribution is 7.09. The first-order valence-corrected chi connectivity index (χ1v) is 6.23. The van der Waals surface area contributed by atoms with Crippen LogP contribution in [-0.4, -0.2) is 19.9 Å². The van der Waals surface area contributed by atoms with Crippen molar-refractivity contribution in [2.45, 2.75) is 19.4 Å². The third-order valence-corrected chi connectivity index (χ3v) is 3.53. The highest BCUT2D eigenvalue weighted by Gasteiger charge is 2.29. The second-order valence-electron chi connectivity index (χ2n) is 4.30. The molecule has 0 spiro atoms. The van der Waals surface area contributed by atoms with Crippen LogP contribution in [-0.2, 0) is 5.54 Å². The number of anilines is 2. The van der Waals surface area contributed by atoms with Gasteiger partial charge in [-0.05, 0) is 13.8 Å². The summed E-state index contributed by atoms with van der Waals surface area (Å²) in [4.78, 5) is 22.1. The minimum absolute atomic E-state index is 0.0812. The van der Waals surface area contributed by atoms with E-state index >= 15 is 0 Å². The molecule has 0 amide bonds. The fourth-order valence-electron chi connectivity index (χ4n) is 1.55. The number of hydrogen-bond donors (Lipinski definition) is 2. The smallest absolute Gasteiger partial charge is 0.353 e. The third kappa shape index (κ3) is 2.60. The lowest BCUT2D eigenvalue weighted by Gasteiger charge is -2.24. The molecule has 0 aliphatic carbocycles. The first-order chi connectivity index (χ1) is 8.92. The van der Waals surface area contributed by atoms with Gasteiger partial charge in [0.05, 0.1) is 10.5 Å². The van der Waals surface area contributed by atoms with Gasteiger partial charge >= 0.3 is 5.69 Å². The van der Waals surface area contributed by atoms with Crippen molar-refractivity contribution in [3.8, 4) is 0 Å². The Hall–Kier alpha value is -2.29. The summed E-state index contributed by atoms with van der Waals surface area (Å²) in [6.45, 7) is 3.71. The van der Waals surface area contributed by atoms with E-state index in [2.05, 4.69) is 20.3 Å². The van der Waals surface area contributed by atoms with Gasteiger partial charge in [-0.3, -0.25) is 10.1 Å². The van der Waals surface area contributed by atoms with Crippen LogP contribution in [0, 0.1) is 10.1 Å². The third-order valence-electron chi connectivity index (χ3n) is 2.43. The summed E-state index contributed by atoms with van der Waals surface area (Å²) in [5, 5.41) is 16.6. The van der Waals surface area contributed by atoms with Gasteiger partial charge in [0.25, 0.3) is 0 Å². The summed E-state index contributed by atoms with van der Waals surface area (Å²) in [5.74, 6) is -0.0878. The number of nitro groups is 1. The van der Waals surface area contributed by atoms with Gasteiger partial charge in [-0.1, -0.05) is 0 Å². The minimum Gasteiger partial charge on any atom is -0.378 e. The number of aromatic nitrogens is 3. The fraction of sp³-hybridized carbons (Fsp3) is 0.300. The molecule has 2 aromatic heterocycles. The zero-order chi connectivity index (χ0) is 14.0. The topological polar surface area (TPSA) is 120 Å². The molecule has 9 heteroatoms. The number of thiazole rings is 1. The van der Waals surface area contributed by atoms with Gasteiger partial charge in [-0.25, -0.2) is 15.0 Å². The maximum absolute atomic E-state index is 11.0. The highest BCUT2D eigenvalue weighted by Crippen LogP contribution is 2.32. The van der Waals surface area contributed by atoms with E-state index in [1.807, 2.05) is 19.2 Å². The van der Waals surface area contributed by atoms with E-state index in [1.54, 1.807) is 6.20 Å². The van der Waals surface area contributed by atoms with E-state index in [4.69, 9.17) is 5.73 Å². The van der Waals surface area contributed by atoms with Crippen LogP contribution in [0.15, 0.2) is 17.9 Å². The molecular weight excluding hydrogens is 268 g/mol. The maximum atomic E-state index is 11.0. The molecule has 0 radical (unpaired) electrons. The molecule has 0 saturated heterocycles. The Morgan fingerprint density at radius 2 is 2.16 bits per heavy atom. The zero-order valence-corrected chi connectivity index (χ0v) is 11.1. The molecule has 100 valence electrons. The monoisotopic (exact) mass is 280 g/mol. The predicted octanol–water partition coefficient (Wildman–Crippen LogP) is 1.77. The van der Waals surface area contributed by atoms with Crippen LogP contribution in [0.1, 0.15) is 18.9 Å². The summed E-state index contributed by atoms with van der Waals surface area (Å²) in [5.41, 5.74) is 4.59. The summed E-state index contributed by atoms with van der Waals surface area (Å²) in [6, 6.07) is 0. The molecule has 2 rings (SSSR count). The molecule has 2 heterocycles. The van der Waals surface area contributed by atoms with Crippen LogP contribution < -0.4 is 11.1 Å². The second-order valence-corrected chi connectivity index (χ2v) is 5.20. The number of nitrogens with one attached hydrogen (secondary N) is 1. The first-order valence-electron chi connectivity index (χ1n) is 5.35. The summed E-state index contributed by atoms with van der Waals surface area (Å²) >= 11 is 1.45. The standard InChI is InChI=1S/C10H12N6O2S/c1-10(2,9-12-3-4-19-9)15-8-6(16(17)18)7(11)13-5-14-8/h3-5H,1-2H3,(H3,11,13,14,15). The van der Waals surface area contributed by atoms with Crippen molar-refractivity contribution in [3.05, 3.63) is 33.0 Å². The Balaban J connectivity index is 2.39. The van der Waals surface area contributed by atoms with E-state index in [0.29, 0.717) is 0 Å². The Kier molecular flexibility index (Phi) is 3.30. The molecular formula is C10H12N6O2S. The lowest BCUT2D eigenvalue weighted by atomic mass is 10.1. The number of hydrogen-bond acceptors (Lipinski definition) is 8. The lowest BCUT2D eigenvalue weighted by Crippen LogP contribution is -2.29. The van der Waals surface area contributed by atoms with Crippen molar-refractivity contribution in [2.75, 3.05) is 11.1 Å². The Bertz CT molecular complexity index is 598. The average Bonchev–Trinajstić information content (AvgIpc) is 2.81. The quantitative estimate of drug-likeness (QED) is 0.646. The first kappa shape index (κ1) is 13.1. The molecule has 2 aromatic rings. The summed E-state index contributed by atoms with van der Waals surface area (Å²) < 4.78 is 0. The van der Waals surface area contributed by atoms with Gasteiger partial charge in [0.15, 0.2) is 0 Å². The van der Waals surface area contributed by atoms with E-state index in [1.165, 1.54) is 17.7 Å². The molecule has 3 N–H and O–H groups in total. The average molecular weight is 280 g/mol. The van der Waals surface area contributed by atoms with Gasteiger partial charge in [0, 0.05) is 11.6 Å². The van der Waals surface area contributed by atoms with Gasteiger partial charge in [0.2, 0.25) is 11.6 Å². The van der Waals surface area contributed by atoms with E-state index in [-0.39, 0.29) is 17.3 Å². The summed E-state index contributed by atoms with van der Waals surface area (Å²) in [6.07, 6.45) is 2.86. The molecule has 0 aliphatic heterocycles. The van der Waals surface area contributed by atoms with Crippen molar-refractivity contribution >= 4 is 28.7 Å². The van der Waals surface area contributed by atoms with Gasteiger partial charge in [-0.2, -0.15) is 0 Å². The molecule has 0 bridgehead atoms. The van der Waals surface area contributed by atoms with E-state index in [9.17, 15) is 10.1 Å². The molecule has 0 aliphatic rings. The Morgan fingerprint density at radius 3 is 2.74 bits per heavy atom. The molecule has 0 saturated carbocycles. The second kappa shape index (κ2) is 4.76. The van der Waals surface area contributed by atoms with Crippen molar-refractivity contribution in [1.29, 1.82) is 0 Å². The molecule has 0 unspecified atom stereocenters. The predicted molar refractivity (Wildman–Crippen MR) is 71.9 cm³/mol. The maximum Gasteiger partial charge on any atom is 0.353 e. The highest BCUT2D eigenvalue weighted by atomic mass is 32.1. The van der Waals surface area contributed by atoms with Crippen LogP contribution >= 0.6 is 11.3 Å². The normalized spacial score (nSPS) is 11.3. The van der Waals surface area contributed by atoms with Crippen LogP contribution in [0.25, 0.3) is 0 Å². The van der Waals surface area contributed by atoms with Crippen LogP contribution in [0.2, 0.25) is 0 Å². The van der Waals surface area contributed by atoms with Crippen molar-refractivity contribution < 1.29 is 4.92 Å². The SMILES string of the molecule is CC(C)(Nc1ncnc(N)c1[N+](=O)[O-])c1nccs1. The lowest BCUT2D eigenvalue weighted by molar-refractivity contribution is -0.383. The zero-order valence-electron chi connectivity index (χ0n) is 10.3. The molecule has 0 atom stereocenters. The van der Waals surface area contributed by atoms with Crippen molar-refractivity contribution in [1.82, 2.24) is 15.0 Å². The Labute approximate surface area is 112 Å². The summed E-state index contributed by atoms with van der Waals surface area (Å²) in [7, 11) is 0. The largest absolute Gasteiger partial charge is 0.378 e. The van der Waals surface area contributed by atoms with Crippen molar-refractivity contribution in [3.63, 3.8) is 0 Å². The van der Waals surface area contributed by atoms with Gasteiger partial charge < -0.3 is 11.1 Å². The molecule has 0 fully saturated rings. The van der Waals surface area contributed by atoms with E-state index < -0.39 is 10.5 Å². The minimum atomic E-state index is -0.602. The molecule has 0 aromatic carbocycles. The number of nitrogen functional groups attached to an aromatic ring is 1. The van der Waals surface area contributed by atoms with Gasteiger partial charge in [-0.15, -0.1) is 11.3 Å². The molecule has 8 nitrogen and oxygen atoms in total. The number of nitrogens with zero attached hydrogens (tertiary/aromatic N) is 4. The van der Waals surface area contributed by atoms with Crippen molar-refractivity contribution in [2.24, 2.45) is 0 Å². The molecule has 19 heavy (non-hydrogen) atoms.